The van der Waals surface area contributed by atoms with Gasteiger partial charge in [-0.2, -0.15) is 0 Å². The van der Waals surface area contributed by atoms with Gasteiger partial charge in [-0.15, -0.1) is 0 Å². The van der Waals surface area contributed by atoms with Crippen molar-refractivity contribution in [1.82, 2.24) is 4.90 Å². The van der Waals surface area contributed by atoms with Crippen molar-refractivity contribution in [3.8, 4) is 0 Å². The minimum absolute atomic E-state index is 0.0463. The summed E-state index contributed by atoms with van der Waals surface area (Å²) in [6.07, 6.45) is 0.422. The number of rotatable bonds is 8. The average molecular weight is 300 g/mol. The molecule has 0 aliphatic heterocycles. The van der Waals surface area contributed by atoms with Crippen LogP contribution in [0.25, 0.3) is 0 Å². The number of nitrogen functional groups attached to an aromatic ring is 1. The lowest BCUT2D eigenvalue weighted by molar-refractivity contribution is -0.116. The van der Waals surface area contributed by atoms with Crippen molar-refractivity contribution in [3.05, 3.63) is 23.2 Å². The highest BCUT2D eigenvalue weighted by Crippen LogP contribution is 2.22. The van der Waals surface area contributed by atoms with Crippen LogP contribution in [0.15, 0.2) is 18.2 Å². The van der Waals surface area contributed by atoms with Crippen molar-refractivity contribution in [2.75, 3.05) is 44.4 Å². The zero-order valence-electron chi connectivity index (χ0n) is 12.0. The van der Waals surface area contributed by atoms with E-state index in [1.54, 1.807) is 18.2 Å². The van der Waals surface area contributed by atoms with Crippen LogP contribution < -0.4 is 11.1 Å². The van der Waals surface area contributed by atoms with Crippen molar-refractivity contribution < 1.29 is 9.53 Å². The summed E-state index contributed by atoms with van der Waals surface area (Å²) >= 11 is 5.82. The van der Waals surface area contributed by atoms with Crippen molar-refractivity contribution in [2.24, 2.45) is 0 Å². The van der Waals surface area contributed by atoms with Crippen molar-refractivity contribution in [2.45, 2.75) is 13.3 Å². The zero-order chi connectivity index (χ0) is 15.0. The first-order valence-electron chi connectivity index (χ1n) is 6.64. The number of carbonyl (C=O) groups excluding carboxylic acids is 1. The average Bonchev–Trinajstić information content (AvgIpc) is 2.41. The van der Waals surface area contributed by atoms with Crippen LogP contribution in [0.3, 0.4) is 0 Å². The summed E-state index contributed by atoms with van der Waals surface area (Å²) < 4.78 is 5.26. The van der Waals surface area contributed by atoms with Gasteiger partial charge in [-0.1, -0.05) is 11.6 Å². The number of benzene rings is 1. The molecule has 20 heavy (non-hydrogen) atoms. The van der Waals surface area contributed by atoms with E-state index in [1.165, 1.54) is 0 Å². The molecule has 0 unspecified atom stereocenters. The molecule has 1 amide bonds. The number of likely N-dealkylation sites (N-methyl/N-ethyl adjacent to an activating group) is 1. The van der Waals surface area contributed by atoms with Crippen molar-refractivity contribution >= 4 is 28.9 Å². The molecule has 5 nitrogen and oxygen atoms in total. The Morgan fingerprint density at radius 1 is 1.45 bits per heavy atom. The summed E-state index contributed by atoms with van der Waals surface area (Å²) in [5.74, 6) is -0.0463. The summed E-state index contributed by atoms with van der Waals surface area (Å²) in [7, 11) is 1.96. The van der Waals surface area contributed by atoms with Gasteiger partial charge < -0.3 is 20.7 Å². The number of hydrogen-bond donors (Lipinski definition) is 2. The Balaban J connectivity index is 2.30. The van der Waals surface area contributed by atoms with Gasteiger partial charge in [-0.25, -0.2) is 0 Å². The molecular formula is C14H22ClN3O2. The molecule has 0 heterocycles. The number of anilines is 2. The lowest BCUT2D eigenvalue weighted by Crippen LogP contribution is -2.27. The van der Waals surface area contributed by atoms with E-state index >= 15 is 0 Å². The molecule has 3 N–H and O–H groups in total. The fraction of sp³-hybridized carbons (Fsp3) is 0.500. The smallest absolute Gasteiger partial charge is 0.225 e. The summed E-state index contributed by atoms with van der Waals surface area (Å²) in [4.78, 5) is 13.9. The van der Waals surface area contributed by atoms with Crippen molar-refractivity contribution in [3.63, 3.8) is 0 Å². The number of amides is 1. The summed E-state index contributed by atoms with van der Waals surface area (Å²) in [5.41, 5.74) is 6.80. The molecule has 0 aliphatic rings. The van der Waals surface area contributed by atoms with E-state index < -0.39 is 0 Å². The predicted molar refractivity (Wildman–Crippen MR) is 83.1 cm³/mol. The van der Waals surface area contributed by atoms with Crippen LogP contribution in [0.2, 0.25) is 5.02 Å². The quantitative estimate of drug-likeness (QED) is 0.570. The van der Waals surface area contributed by atoms with E-state index in [9.17, 15) is 4.79 Å². The van der Waals surface area contributed by atoms with Crippen molar-refractivity contribution in [1.29, 1.82) is 0 Å². The van der Waals surface area contributed by atoms with Gasteiger partial charge in [0.1, 0.15) is 0 Å². The van der Waals surface area contributed by atoms with Gasteiger partial charge >= 0.3 is 0 Å². The standard InChI is InChI=1S/C14H22ClN3O2/c1-3-20-9-8-18(2)7-6-14(19)17-11-4-5-12(15)13(16)10-11/h4-5,10H,3,6-9,16H2,1-2H3,(H,17,19). The Bertz CT molecular complexity index is 440. The van der Waals surface area contributed by atoms with Crippen LogP contribution in [0.1, 0.15) is 13.3 Å². The van der Waals surface area contributed by atoms with Crippen LogP contribution in [-0.4, -0.2) is 44.2 Å². The monoisotopic (exact) mass is 299 g/mol. The molecular weight excluding hydrogens is 278 g/mol. The van der Waals surface area contributed by atoms with Crippen LogP contribution in [0.5, 0.6) is 0 Å². The third-order valence-electron chi connectivity index (χ3n) is 2.82. The maximum atomic E-state index is 11.8. The van der Waals surface area contributed by atoms with Crippen LogP contribution >= 0.6 is 11.6 Å². The molecule has 0 atom stereocenters. The third-order valence-corrected chi connectivity index (χ3v) is 3.17. The summed E-state index contributed by atoms with van der Waals surface area (Å²) in [6, 6.07) is 5.05. The number of nitrogens with one attached hydrogen (secondary N) is 1. The molecule has 0 aliphatic carbocycles. The fourth-order valence-corrected chi connectivity index (χ4v) is 1.73. The van der Waals surface area contributed by atoms with E-state index in [1.807, 2.05) is 14.0 Å². The second-order valence-electron chi connectivity index (χ2n) is 4.53. The van der Waals surface area contributed by atoms with Gasteiger partial charge in [-0.05, 0) is 32.2 Å². The Kier molecular flexibility index (Phi) is 7.36. The third kappa shape index (κ3) is 6.23. The molecule has 6 heteroatoms. The lowest BCUT2D eigenvalue weighted by Gasteiger charge is -2.16. The number of halogens is 1. The largest absolute Gasteiger partial charge is 0.397 e. The fourth-order valence-electron chi connectivity index (χ4n) is 1.61. The van der Waals surface area contributed by atoms with E-state index in [0.29, 0.717) is 42.6 Å². The molecule has 112 valence electrons. The van der Waals surface area contributed by atoms with Gasteiger partial charge in [0.25, 0.3) is 0 Å². The molecule has 0 bridgehead atoms. The lowest BCUT2D eigenvalue weighted by atomic mass is 10.2. The highest BCUT2D eigenvalue weighted by Gasteiger charge is 2.06. The van der Waals surface area contributed by atoms with Gasteiger partial charge in [0.15, 0.2) is 0 Å². The first kappa shape index (κ1) is 16.8. The van der Waals surface area contributed by atoms with E-state index in [-0.39, 0.29) is 5.91 Å². The number of nitrogens with zero attached hydrogens (tertiary/aromatic N) is 1. The second-order valence-corrected chi connectivity index (χ2v) is 4.94. The highest BCUT2D eigenvalue weighted by molar-refractivity contribution is 6.33. The first-order valence-corrected chi connectivity index (χ1v) is 7.02. The Hall–Kier alpha value is -1.30. The van der Waals surface area contributed by atoms with Gasteiger partial charge in [0.05, 0.1) is 17.3 Å². The van der Waals surface area contributed by atoms with Gasteiger partial charge in [-0.3, -0.25) is 4.79 Å². The molecule has 1 aromatic rings. The molecule has 1 rings (SSSR count). The van der Waals surface area contributed by atoms with E-state index in [4.69, 9.17) is 22.1 Å². The molecule has 0 saturated carbocycles. The van der Waals surface area contributed by atoms with Crippen LogP contribution in [0, 0.1) is 0 Å². The molecule has 0 spiro atoms. The number of carbonyl (C=O) groups is 1. The second kappa shape index (κ2) is 8.79. The van der Waals surface area contributed by atoms with Crippen LogP contribution in [-0.2, 0) is 9.53 Å². The number of ether oxygens (including phenoxy) is 1. The summed E-state index contributed by atoms with van der Waals surface area (Å²) in [5, 5.41) is 3.28. The van der Waals surface area contributed by atoms with Gasteiger partial charge in [0.2, 0.25) is 5.91 Å². The van der Waals surface area contributed by atoms with Gasteiger partial charge in [0, 0.05) is 31.8 Å². The SMILES string of the molecule is CCOCCN(C)CCC(=O)Nc1ccc(Cl)c(N)c1. The highest BCUT2D eigenvalue weighted by atomic mass is 35.5. The number of nitrogens with two attached hydrogens (primary N) is 1. The predicted octanol–water partition coefficient (Wildman–Crippen LogP) is 2.22. The Morgan fingerprint density at radius 2 is 2.20 bits per heavy atom. The topological polar surface area (TPSA) is 67.6 Å². The Labute approximate surface area is 125 Å². The van der Waals surface area contributed by atoms with Crippen LogP contribution in [0.4, 0.5) is 11.4 Å². The normalized spacial score (nSPS) is 10.8. The molecule has 1 aromatic carbocycles. The Morgan fingerprint density at radius 3 is 2.85 bits per heavy atom. The minimum atomic E-state index is -0.0463. The van der Waals surface area contributed by atoms with E-state index in [2.05, 4.69) is 10.2 Å². The zero-order valence-corrected chi connectivity index (χ0v) is 12.7. The van der Waals surface area contributed by atoms with E-state index in [0.717, 1.165) is 6.54 Å². The molecule has 0 saturated heterocycles. The molecule has 0 aromatic heterocycles. The molecule has 0 fully saturated rings. The first-order chi connectivity index (χ1) is 9.52. The minimum Gasteiger partial charge on any atom is -0.397 e. The summed E-state index contributed by atoms with van der Waals surface area (Å²) in [6.45, 7) is 4.86. The maximum absolute atomic E-state index is 11.8. The molecule has 0 radical (unpaired) electrons. The maximum Gasteiger partial charge on any atom is 0.225 e. The number of hydrogen-bond acceptors (Lipinski definition) is 4.